The fourth-order valence-electron chi connectivity index (χ4n) is 2.49. The Kier molecular flexibility index (Phi) is 3.17. The molecule has 18 heavy (non-hydrogen) atoms. The summed E-state index contributed by atoms with van der Waals surface area (Å²) in [6.45, 7) is 3.76. The maximum absolute atomic E-state index is 14.0. The summed E-state index contributed by atoms with van der Waals surface area (Å²) in [5.74, 6) is -0.338. The molecule has 1 aromatic carbocycles. The summed E-state index contributed by atoms with van der Waals surface area (Å²) in [7, 11) is 0. The summed E-state index contributed by atoms with van der Waals surface area (Å²) in [6.07, 6.45) is 0. The van der Waals surface area contributed by atoms with Gasteiger partial charge in [-0.15, -0.1) is 0 Å². The Labute approximate surface area is 113 Å². The van der Waals surface area contributed by atoms with Gasteiger partial charge < -0.3 is 15.2 Å². The molecule has 2 N–H and O–H groups in total. The van der Waals surface area contributed by atoms with Crippen molar-refractivity contribution in [2.24, 2.45) is 0 Å². The molecule has 2 aliphatic heterocycles. The minimum absolute atomic E-state index is 0.0687. The molecule has 98 valence electrons. The third kappa shape index (κ3) is 1.98. The molecule has 1 fully saturated rings. The highest BCUT2D eigenvalue weighted by Crippen LogP contribution is 2.38. The van der Waals surface area contributed by atoms with E-state index in [4.69, 9.17) is 4.74 Å². The van der Waals surface area contributed by atoms with Crippen molar-refractivity contribution in [2.45, 2.75) is 12.6 Å². The Bertz CT molecular complexity index is 484. The number of rotatable bonds is 0. The monoisotopic (exact) mass is 316 g/mol. The fourth-order valence-corrected chi connectivity index (χ4v) is 2.79. The molecule has 1 saturated heterocycles. The van der Waals surface area contributed by atoms with E-state index in [1.807, 2.05) is 0 Å². The molecular formula is C12H14BrFN2O2. The van der Waals surface area contributed by atoms with Crippen molar-refractivity contribution in [2.75, 3.05) is 26.2 Å². The Morgan fingerprint density at radius 1 is 1.56 bits per heavy atom. The zero-order valence-corrected chi connectivity index (χ0v) is 11.3. The lowest BCUT2D eigenvalue weighted by atomic mass is 10.1. The Morgan fingerprint density at radius 2 is 2.39 bits per heavy atom. The van der Waals surface area contributed by atoms with Gasteiger partial charge in [0.05, 0.1) is 10.5 Å². The molecule has 0 unspecified atom stereocenters. The van der Waals surface area contributed by atoms with Crippen LogP contribution in [-0.4, -0.2) is 42.3 Å². The molecule has 0 amide bonds. The molecule has 6 heteroatoms. The Balaban J connectivity index is 1.99. The van der Waals surface area contributed by atoms with Gasteiger partial charge in [0.25, 0.3) is 0 Å². The summed E-state index contributed by atoms with van der Waals surface area (Å²) >= 11 is 3.03. The van der Waals surface area contributed by atoms with E-state index >= 15 is 0 Å². The summed E-state index contributed by atoms with van der Waals surface area (Å²) in [4.78, 5) is 2.26. The van der Waals surface area contributed by atoms with Crippen LogP contribution in [0, 0.1) is 5.82 Å². The molecule has 0 aromatic heterocycles. The lowest BCUT2D eigenvalue weighted by Crippen LogP contribution is -2.52. The summed E-state index contributed by atoms with van der Waals surface area (Å²) in [5, 5.41) is 13.0. The standard InChI is InChI=1S/C12H14BrFN2O2/c13-10-9(17)3-7-5-16-2-1-15-4-8(16)6-18-12(7)11(10)14/h3,8,15,17H,1-2,4-6H2/t8-/m1/s1. The van der Waals surface area contributed by atoms with Gasteiger partial charge in [0.15, 0.2) is 11.6 Å². The molecule has 1 atom stereocenters. The minimum Gasteiger partial charge on any atom is -0.507 e. The second kappa shape index (κ2) is 4.68. The molecule has 2 heterocycles. The predicted octanol–water partition coefficient (Wildman–Crippen LogP) is 1.46. The first kappa shape index (κ1) is 12.2. The Hall–Kier alpha value is -0.850. The second-order valence-corrected chi connectivity index (χ2v) is 5.44. The average Bonchev–Trinajstić information content (AvgIpc) is 2.55. The van der Waals surface area contributed by atoms with Crippen molar-refractivity contribution in [1.82, 2.24) is 10.2 Å². The third-order valence-electron chi connectivity index (χ3n) is 3.49. The molecule has 3 rings (SSSR count). The molecular weight excluding hydrogens is 303 g/mol. The normalized spacial score (nSPS) is 23.8. The Morgan fingerprint density at radius 3 is 3.22 bits per heavy atom. The number of fused-ring (bicyclic) bond motifs is 2. The number of nitrogens with zero attached hydrogens (tertiary/aromatic N) is 1. The van der Waals surface area contributed by atoms with Crippen LogP contribution in [0.3, 0.4) is 0 Å². The van der Waals surface area contributed by atoms with Gasteiger partial charge >= 0.3 is 0 Å². The van der Waals surface area contributed by atoms with E-state index < -0.39 is 5.82 Å². The van der Waals surface area contributed by atoms with E-state index in [1.165, 1.54) is 0 Å². The van der Waals surface area contributed by atoms with Crippen LogP contribution in [0.5, 0.6) is 11.5 Å². The molecule has 0 aliphatic carbocycles. The van der Waals surface area contributed by atoms with Crippen molar-refractivity contribution < 1.29 is 14.2 Å². The van der Waals surface area contributed by atoms with Crippen molar-refractivity contribution >= 4 is 15.9 Å². The highest BCUT2D eigenvalue weighted by molar-refractivity contribution is 9.10. The van der Waals surface area contributed by atoms with Crippen LogP contribution in [0.2, 0.25) is 0 Å². The number of phenolic OH excluding ortho intramolecular Hbond substituents is 1. The van der Waals surface area contributed by atoms with Crippen LogP contribution in [-0.2, 0) is 6.54 Å². The molecule has 1 aromatic rings. The predicted molar refractivity (Wildman–Crippen MR) is 68.3 cm³/mol. The van der Waals surface area contributed by atoms with E-state index in [9.17, 15) is 9.50 Å². The number of nitrogens with one attached hydrogen (secondary N) is 1. The SMILES string of the molecule is Oc1cc2c(c(F)c1Br)OC[C@H]1CNCCN1C2. The number of phenols is 1. The molecule has 0 bridgehead atoms. The number of hydrogen-bond acceptors (Lipinski definition) is 4. The van der Waals surface area contributed by atoms with Crippen LogP contribution in [0.25, 0.3) is 0 Å². The quantitative estimate of drug-likeness (QED) is 0.760. The van der Waals surface area contributed by atoms with Crippen LogP contribution >= 0.6 is 15.9 Å². The van der Waals surface area contributed by atoms with E-state index in [0.717, 1.165) is 19.6 Å². The van der Waals surface area contributed by atoms with Crippen LogP contribution in [0.1, 0.15) is 5.56 Å². The van der Waals surface area contributed by atoms with Crippen LogP contribution in [0.4, 0.5) is 4.39 Å². The molecule has 2 aliphatic rings. The smallest absolute Gasteiger partial charge is 0.183 e. The van der Waals surface area contributed by atoms with Gasteiger partial charge in [0, 0.05) is 31.7 Å². The zero-order valence-electron chi connectivity index (χ0n) is 9.75. The lowest BCUT2D eigenvalue weighted by molar-refractivity contribution is 0.119. The van der Waals surface area contributed by atoms with Crippen molar-refractivity contribution in [1.29, 1.82) is 0 Å². The topological polar surface area (TPSA) is 44.7 Å². The van der Waals surface area contributed by atoms with E-state index in [2.05, 4.69) is 26.1 Å². The maximum Gasteiger partial charge on any atom is 0.183 e. The van der Waals surface area contributed by atoms with Crippen molar-refractivity contribution in [3.05, 3.63) is 21.9 Å². The molecule has 4 nitrogen and oxygen atoms in total. The van der Waals surface area contributed by atoms with Crippen molar-refractivity contribution in [3.8, 4) is 11.5 Å². The number of hydrogen-bond donors (Lipinski definition) is 2. The highest BCUT2D eigenvalue weighted by atomic mass is 79.9. The summed E-state index contributed by atoms with van der Waals surface area (Å²) in [5.41, 5.74) is 0.706. The van der Waals surface area contributed by atoms with Gasteiger partial charge in [-0.1, -0.05) is 0 Å². The summed E-state index contributed by atoms with van der Waals surface area (Å²) in [6, 6.07) is 1.83. The average molecular weight is 317 g/mol. The van der Waals surface area contributed by atoms with E-state index in [1.54, 1.807) is 6.07 Å². The number of benzene rings is 1. The summed E-state index contributed by atoms with van der Waals surface area (Å²) < 4.78 is 19.7. The van der Waals surface area contributed by atoms with Crippen molar-refractivity contribution in [3.63, 3.8) is 0 Å². The molecule has 0 saturated carbocycles. The maximum atomic E-state index is 14.0. The third-order valence-corrected chi connectivity index (χ3v) is 4.24. The van der Waals surface area contributed by atoms with Gasteiger partial charge in [-0.25, -0.2) is 4.39 Å². The van der Waals surface area contributed by atoms with Crippen LogP contribution in [0.15, 0.2) is 10.5 Å². The van der Waals surface area contributed by atoms with Gasteiger partial charge in [-0.05, 0) is 22.0 Å². The molecule has 0 spiro atoms. The minimum atomic E-state index is -0.516. The first-order chi connectivity index (χ1) is 8.66. The fraction of sp³-hybridized carbons (Fsp3) is 0.500. The lowest BCUT2D eigenvalue weighted by Gasteiger charge is -2.33. The first-order valence-corrected chi connectivity index (χ1v) is 6.73. The number of piperazine rings is 1. The number of ether oxygens (including phenoxy) is 1. The molecule has 0 radical (unpaired) electrons. The van der Waals surface area contributed by atoms with Gasteiger partial charge in [0.2, 0.25) is 0 Å². The highest BCUT2D eigenvalue weighted by Gasteiger charge is 2.29. The van der Waals surface area contributed by atoms with Gasteiger partial charge in [-0.3, -0.25) is 4.90 Å². The number of halogens is 2. The largest absolute Gasteiger partial charge is 0.507 e. The zero-order chi connectivity index (χ0) is 12.7. The van der Waals surface area contributed by atoms with Gasteiger partial charge in [-0.2, -0.15) is 0 Å². The number of aromatic hydroxyl groups is 1. The van der Waals surface area contributed by atoms with Crippen LogP contribution < -0.4 is 10.1 Å². The van der Waals surface area contributed by atoms with E-state index in [-0.39, 0.29) is 22.0 Å². The second-order valence-electron chi connectivity index (χ2n) is 4.65. The van der Waals surface area contributed by atoms with Gasteiger partial charge in [0.1, 0.15) is 12.4 Å². The first-order valence-electron chi connectivity index (χ1n) is 5.94. The van der Waals surface area contributed by atoms with E-state index in [0.29, 0.717) is 18.7 Å².